The monoisotopic (exact) mass is 574 g/mol. The van der Waals surface area contributed by atoms with Crippen LogP contribution in [-0.2, 0) is 11.3 Å². The number of hydrogen-bond acceptors (Lipinski definition) is 7. The number of thioether (sulfide) groups is 1. The molecule has 1 saturated heterocycles. The van der Waals surface area contributed by atoms with Crippen LogP contribution in [0.5, 0.6) is 0 Å². The van der Waals surface area contributed by atoms with Crippen LogP contribution >= 0.6 is 11.8 Å². The van der Waals surface area contributed by atoms with Crippen LogP contribution in [-0.4, -0.2) is 68.4 Å². The van der Waals surface area contributed by atoms with Crippen molar-refractivity contribution in [3.05, 3.63) is 51.5 Å². The topological polar surface area (TPSA) is 105 Å². The highest BCUT2D eigenvalue weighted by Crippen LogP contribution is 2.39. The van der Waals surface area contributed by atoms with Crippen molar-refractivity contribution in [3.63, 3.8) is 0 Å². The lowest BCUT2D eigenvalue weighted by Crippen LogP contribution is -2.57. The highest BCUT2D eigenvalue weighted by atomic mass is 32.2. The highest BCUT2D eigenvalue weighted by Gasteiger charge is 2.38. The number of alkyl halides is 2. The third-order valence-corrected chi connectivity index (χ3v) is 9.34. The maximum atomic E-state index is 13.5. The molecule has 0 bridgehead atoms. The number of pyridine rings is 1. The molecule has 12 heteroatoms. The summed E-state index contributed by atoms with van der Waals surface area (Å²) in [6, 6.07) is 2.41. The summed E-state index contributed by atoms with van der Waals surface area (Å²) < 4.78 is 31.7. The smallest absolute Gasteiger partial charge is 0.345 e. The number of H-pyrrole nitrogens is 1. The first-order chi connectivity index (χ1) is 19.2. The normalized spacial score (nSPS) is 21.1. The SMILES string of the molecule is CSc1cc(C)[nH]c(=O)c1CNC(=O)c1c(C)n([C@H](C)C2CCC(N3CC(OC(F)F)C3)CC2)c2ncncc12. The van der Waals surface area contributed by atoms with Crippen LogP contribution in [0.15, 0.2) is 28.3 Å². The third kappa shape index (κ3) is 5.66. The molecule has 0 radical (unpaired) electrons. The quantitative estimate of drug-likeness (QED) is 0.364. The fraction of sp³-hybridized carbons (Fsp3) is 0.571. The minimum atomic E-state index is -2.71. The summed E-state index contributed by atoms with van der Waals surface area (Å²) in [6.45, 7) is 4.49. The Morgan fingerprint density at radius 1 is 1.25 bits per heavy atom. The van der Waals surface area contributed by atoms with Gasteiger partial charge in [0.1, 0.15) is 12.0 Å². The Bertz CT molecular complexity index is 1430. The number of carbonyl (C=O) groups excluding carboxylic acids is 1. The number of hydrogen-bond donors (Lipinski definition) is 2. The van der Waals surface area contributed by atoms with Gasteiger partial charge in [-0.2, -0.15) is 8.78 Å². The average Bonchev–Trinajstić information content (AvgIpc) is 3.20. The van der Waals surface area contributed by atoms with Gasteiger partial charge in [0.25, 0.3) is 11.5 Å². The molecule has 1 amide bonds. The Hall–Kier alpha value is -2.83. The van der Waals surface area contributed by atoms with Crippen molar-refractivity contribution < 1.29 is 18.3 Å². The molecule has 1 saturated carbocycles. The lowest BCUT2D eigenvalue weighted by molar-refractivity contribution is -0.202. The number of fused-ring (bicyclic) bond motifs is 1. The van der Waals surface area contributed by atoms with Crippen LogP contribution in [0, 0.1) is 19.8 Å². The van der Waals surface area contributed by atoms with E-state index in [-0.39, 0.29) is 30.2 Å². The van der Waals surface area contributed by atoms with Gasteiger partial charge >= 0.3 is 6.61 Å². The van der Waals surface area contributed by atoms with Crippen molar-refractivity contribution in [2.75, 3.05) is 19.3 Å². The predicted octanol–water partition coefficient (Wildman–Crippen LogP) is 4.43. The summed E-state index contributed by atoms with van der Waals surface area (Å²) in [5.41, 5.74) is 3.17. The van der Waals surface area contributed by atoms with Crippen LogP contribution in [0.1, 0.15) is 66.0 Å². The minimum Gasteiger partial charge on any atom is -0.348 e. The van der Waals surface area contributed by atoms with E-state index in [2.05, 4.69) is 41.4 Å². The number of halogens is 2. The molecule has 2 fully saturated rings. The molecule has 216 valence electrons. The number of nitrogens with zero attached hydrogens (tertiary/aromatic N) is 4. The van der Waals surface area contributed by atoms with E-state index >= 15 is 0 Å². The number of likely N-dealkylation sites (tertiary alicyclic amines) is 1. The average molecular weight is 575 g/mol. The van der Waals surface area contributed by atoms with Crippen LogP contribution in [0.2, 0.25) is 0 Å². The van der Waals surface area contributed by atoms with Crippen molar-refractivity contribution in [1.82, 2.24) is 29.7 Å². The molecule has 1 aliphatic heterocycles. The third-order valence-electron chi connectivity index (χ3n) is 8.53. The van der Waals surface area contributed by atoms with E-state index in [9.17, 15) is 18.4 Å². The van der Waals surface area contributed by atoms with E-state index in [1.165, 1.54) is 18.1 Å². The maximum Gasteiger partial charge on any atom is 0.345 e. The Balaban J connectivity index is 1.30. The Kier molecular flexibility index (Phi) is 8.58. The molecular weight excluding hydrogens is 538 g/mol. The number of rotatable bonds is 9. The van der Waals surface area contributed by atoms with Gasteiger partial charge in [-0.25, -0.2) is 9.97 Å². The number of aromatic amines is 1. The lowest BCUT2D eigenvalue weighted by Gasteiger charge is -2.46. The van der Waals surface area contributed by atoms with Gasteiger partial charge in [-0.05, 0) is 64.7 Å². The maximum absolute atomic E-state index is 13.5. The number of ether oxygens (including phenoxy) is 1. The molecule has 1 atom stereocenters. The van der Waals surface area contributed by atoms with Gasteiger partial charge in [0.2, 0.25) is 0 Å². The molecular formula is C28H36F2N6O3S. The Morgan fingerprint density at radius 3 is 2.65 bits per heavy atom. The zero-order valence-electron chi connectivity index (χ0n) is 23.2. The summed E-state index contributed by atoms with van der Waals surface area (Å²) in [6.07, 6.45) is 8.72. The van der Waals surface area contributed by atoms with Crippen LogP contribution < -0.4 is 10.9 Å². The zero-order valence-corrected chi connectivity index (χ0v) is 24.1. The highest BCUT2D eigenvalue weighted by molar-refractivity contribution is 7.98. The van der Waals surface area contributed by atoms with E-state index in [1.54, 1.807) is 6.20 Å². The van der Waals surface area contributed by atoms with E-state index in [0.717, 1.165) is 47.6 Å². The molecule has 0 spiro atoms. The predicted molar refractivity (Wildman–Crippen MR) is 150 cm³/mol. The van der Waals surface area contributed by atoms with Gasteiger partial charge in [0, 0.05) is 59.8 Å². The van der Waals surface area contributed by atoms with Crippen molar-refractivity contribution in [2.45, 2.75) is 82.7 Å². The van der Waals surface area contributed by atoms with Gasteiger partial charge in [-0.15, -0.1) is 11.8 Å². The molecule has 3 aromatic heterocycles. The minimum absolute atomic E-state index is 0.106. The number of nitrogens with one attached hydrogen (secondary N) is 2. The van der Waals surface area contributed by atoms with Crippen LogP contribution in [0.25, 0.3) is 11.0 Å². The molecule has 5 rings (SSSR count). The first kappa shape index (κ1) is 28.7. The Morgan fingerprint density at radius 2 is 1.98 bits per heavy atom. The number of aryl methyl sites for hydroxylation is 1. The fourth-order valence-corrected chi connectivity index (χ4v) is 7.11. The number of amides is 1. The van der Waals surface area contributed by atoms with E-state index in [0.29, 0.717) is 41.6 Å². The van der Waals surface area contributed by atoms with Crippen LogP contribution in [0.4, 0.5) is 8.78 Å². The molecule has 9 nitrogen and oxygen atoms in total. The lowest BCUT2D eigenvalue weighted by atomic mass is 9.80. The second kappa shape index (κ2) is 12.0. The summed E-state index contributed by atoms with van der Waals surface area (Å²) in [4.78, 5) is 40.8. The molecule has 2 aliphatic rings. The van der Waals surface area contributed by atoms with Crippen molar-refractivity contribution in [2.24, 2.45) is 5.92 Å². The van der Waals surface area contributed by atoms with Crippen molar-refractivity contribution >= 4 is 28.7 Å². The number of carbonyl (C=O) groups is 1. The molecule has 4 heterocycles. The summed E-state index contributed by atoms with van der Waals surface area (Å²) >= 11 is 1.48. The van der Waals surface area contributed by atoms with Gasteiger partial charge in [0.05, 0.1) is 17.1 Å². The summed E-state index contributed by atoms with van der Waals surface area (Å²) in [5, 5.41) is 3.64. The van der Waals surface area contributed by atoms with Crippen molar-refractivity contribution in [3.8, 4) is 0 Å². The summed E-state index contributed by atoms with van der Waals surface area (Å²) in [5.74, 6) is 0.124. The molecule has 3 aromatic rings. The Labute approximate surface area is 236 Å². The van der Waals surface area contributed by atoms with E-state index in [1.807, 2.05) is 26.2 Å². The molecule has 0 unspecified atom stereocenters. The van der Waals surface area contributed by atoms with Crippen molar-refractivity contribution in [1.29, 1.82) is 0 Å². The first-order valence-electron chi connectivity index (χ1n) is 13.7. The van der Waals surface area contributed by atoms with Gasteiger partial charge in [-0.3, -0.25) is 14.5 Å². The zero-order chi connectivity index (χ0) is 28.6. The van der Waals surface area contributed by atoms with Gasteiger partial charge in [0.15, 0.2) is 0 Å². The van der Waals surface area contributed by atoms with Crippen LogP contribution in [0.3, 0.4) is 0 Å². The van der Waals surface area contributed by atoms with E-state index < -0.39 is 6.61 Å². The second-order valence-corrected chi connectivity index (χ2v) is 11.7. The van der Waals surface area contributed by atoms with Gasteiger partial charge < -0.3 is 19.6 Å². The first-order valence-corrected chi connectivity index (χ1v) is 14.9. The molecule has 1 aliphatic carbocycles. The molecule has 2 N–H and O–H groups in total. The largest absolute Gasteiger partial charge is 0.348 e. The second-order valence-electron chi connectivity index (χ2n) is 10.9. The molecule has 40 heavy (non-hydrogen) atoms. The van der Waals surface area contributed by atoms with E-state index in [4.69, 9.17) is 0 Å². The summed E-state index contributed by atoms with van der Waals surface area (Å²) in [7, 11) is 0. The fourth-order valence-electron chi connectivity index (χ4n) is 6.40. The molecule has 0 aromatic carbocycles. The standard InChI is InChI=1S/C28H36F2N6O3S/c1-15-9-23(40-4)21(26(37)34-15)11-32-27(38)24-17(3)36(25-22(24)10-31-14-33-25)16(2)18-5-7-19(8-6-18)35-12-20(13-35)39-28(29)30/h9-10,14,16,18-20,28H,5-8,11-13H2,1-4H3,(H,32,38)(H,34,37)/t16-,18?,19?/m1/s1. The van der Waals surface area contributed by atoms with Gasteiger partial charge in [-0.1, -0.05) is 0 Å². The number of aromatic nitrogens is 4.